The molecule has 0 bridgehead atoms. The molecule has 0 spiro atoms. The smallest absolute Gasteiger partial charge is 0.223 e. The predicted octanol–water partition coefficient (Wildman–Crippen LogP) is 1.41. The average molecular weight is 299 g/mol. The second-order valence-corrected chi connectivity index (χ2v) is 7.48. The van der Waals surface area contributed by atoms with Gasteiger partial charge in [-0.15, -0.1) is 0 Å². The number of carbonyl (C=O) groups is 1. The van der Waals surface area contributed by atoms with E-state index in [0.717, 1.165) is 38.0 Å². The lowest BCUT2D eigenvalue weighted by Crippen LogP contribution is -2.47. The summed E-state index contributed by atoms with van der Waals surface area (Å²) in [5, 5.41) is 4.13. The highest BCUT2D eigenvalue weighted by atomic mass is 32.2. The third-order valence-corrected chi connectivity index (χ3v) is 5.76. The first kappa shape index (κ1) is 16.1. The van der Waals surface area contributed by atoms with Crippen molar-refractivity contribution in [2.24, 2.45) is 0 Å². The van der Waals surface area contributed by atoms with Gasteiger partial charge in [0.2, 0.25) is 5.91 Å². The lowest BCUT2D eigenvalue weighted by atomic mass is 10.2. The van der Waals surface area contributed by atoms with Crippen molar-refractivity contribution in [1.82, 2.24) is 15.1 Å². The maximum atomic E-state index is 12.2. The van der Waals surface area contributed by atoms with E-state index in [-0.39, 0.29) is 0 Å². The third kappa shape index (κ3) is 4.64. The topological polar surface area (TPSA) is 35.6 Å². The number of rotatable bonds is 6. The van der Waals surface area contributed by atoms with E-state index in [2.05, 4.69) is 35.9 Å². The zero-order valence-corrected chi connectivity index (χ0v) is 13.8. The number of thioether (sulfide) groups is 1. The molecule has 1 saturated carbocycles. The summed E-state index contributed by atoms with van der Waals surface area (Å²) >= 11 is 2.10. The molecule has 0 aromatic carbocycles. The summed E-state index contributed by atoms with van der Waals surface area (Å²) in [5.41, 5.74) is 0. The lowest BCUT2D eigenvalue weighted by molar-refractivity contribution is -0.132. The number of hydrogen-bond donors (Lipinski definition) is 1. The molecule has 0 radical (unpaired) electrons. The molecular formula is C15H29N3OS. The molecule has 1 saturated heterocycles. The van der Waals surface area contributed by atoms with Crippen molar-refractivity contribution in [3.63, 3.8) is 0 Å². The van der Waals surface area contributed by atoms with Crippen LogP contribution >= 0.6 is 11.8 Å². The number of hydrogen-bond acceptors (Lipinski definition) is 4. The Hall–Kier alpha value is -0.260. The van der Waals surface area contributed by atoms with Crippen LogP contribution in [0.5, 0.6) is 0 Å². The Morgan fingerprint density at radius 3 is 2.80 bits per heavy atom. The molecule has 116 valence electrons. The van der Waals surface area contributed by atoms with Crippen molar-refractivity contribution in [2.45, 2.75) is 43.9 Å². The zero-order chi connectivity index (χ0) is 14.4. The van der Waals surface area contributed by atoms with E-state index in [1.165, 1.54) is 25.0 Å². The van der Waals surface area contributed by atoms with Crippen LogP contribution in [0.25, 0.3) is 0 Å². The van der Waals surface area contributed by atoms with Crippen molar-refractivity contribution in [3.05, 3.63) is 0 Å². The van der Waals surface area contributed by atoms with Gasteiger partial charge in [0.1, 0.15) is 0 Å². The van der Waals surface area contributed by atoms with Crippen LogP contribution in [0, 0.1) is 0 Å². The molecule has 1 aliphatic heterocycles. The molecule has 1 aliphatic carbocycles. The maximum Gasteiger partial charge on any atom is 0.223 e. The Labute approximate surface area is 127 Å². The van der Waals surface area contributed by atoms with Crippen molar-refractivity contribution >= 4 is 17.7 Å². The predicted molar refractivity (Wildman–Crippen MR) is 86.3 cm³/mol. The number of amides is 1. The van der Waals surface area contributed by atoms with Crippen LogP contribution in [0.4, 0.5) is 0 Å². The van der Waals surface area contributed by atoms with Crippen molar-refractivity contribution < 1.29 is 4.79 Å². The quantitative estimate of drug-likeness (QED) is 0.804. The summed E-state index contributed by atoms with van der Waals surface area (Å²) in [6.07, 6.45) is 4.63. The fourth-order valence-electron chi connectivity index (χ4n) is 3.23. The molecule has 2 unspecified atom stereocenters. The van der Waals surface area contributed by atoms with E-state index in [0.29, 0.717) is 18.4 Å². The van der Waals surface area contributed by atoms with Crippen molar-refractivity contribution in [1.29, 1.82) is 0 Å². The first-order valence-electron chi connectivity index (χ1n) is 8.01. The number of carbonyl (C=O) groups excluding carboxylic acids is 1. The van der Waals surface area contributed by atoms with Gasteiger partial charge in [0.05, 0.1) is 0 Å². The molecule has 0 aromatic heterocycles. The van der Waals surface area contributed by atoms with E-state index in [1.54, 1.807) is 0 Å². The Kier molecular flexibility index (Phi) is 6.65. The number of piperazine rings is 1. The molecular weight excluding hydrogens is 270 g/mol. The number of nitrogens with zero attached hydrogens (tertiary/aromatic N) is 2. The van der Waals surface area contributed by atoms with Gasteiger partial charge in [0.15, 0.2) is 0 Å². The van der Waals surface area contributed by atoms with Crippen molar-refractivity contribution in [3.8, 4) is 0 Å². The van der Waals surface area contributed by atoms with Crippen LogP contribution in [0.2, 0.25) is 0 Å². The molecule has 2 fully saturated rings. The van der Waals surface area contributed by atoms with Gasteiger partial charge < -0.3 is 15.1 Å². The van der Waals surface area contributed by atoms with Gasteiger partial charge in [-0.2, -0.15) is 11.8 Å². The molecule has 0 aromatic rings. The van der Waals surface area contributed by atoms with Crippen LogP contribution in [-0.4, -0.2) is 72.5 Å². The van der Waals surface area contributed by atoms with Crippen molar-refractivity contribution in [2.75, 3.05) is 45.5 Å². The first-order valence-corrected chi connectivity index (χ1v) is 9.06. The second kappa shape index (κ2) is 8.25. The summed E-state index contributed by atoms with van der Waals surface area (Å²) in [6, 6.07) is 0.690. The second-order valence-electron chi connectivity index (χ2n) is 5.91. The van der Waals surface area contributed by atoms with Crippen LogP contribution in [0.1, 0.15) is 32.6 Å². The Balaban J connectivity index is 1.67. The van der Waals surface area contributed by atoms with Gasteiger partial charge in [-0.3, -0.25) is 4.79 Å². The molecule has 1 heterocycles. The Morgan fingerprint density at radius 1 is 1.35 bits per heavy atom. The van der Waals surface area contributed by atoms with Gasteiger partial charge in [0, 0.05) is 50.4 Å². The van der Waals surface area contributed by atoms with E-state index >= 15 is 0 Å². The summed E-state index contributed by atoms with van der Waals surface area (Å²) in [5.74, 6) is 1.55. The van der Waals surface area contributed by atoms with Gasteiger partial charge in [-0.05, 0) is 32.1 Å². The van der Waals surface area contributed by atoms with Crippen LogP contribution < -0.4 is 5.32 Å². The summed E-state index contributed by atoms with van der Waals surface area (Å²) in [4.78, 5) is 16.6. The normalized spacial score (nSPS) is 27.2. The molecule has 2 atom stereocenters. The molecule has 2 aliphatic rings. The Morgan fingerprint density at radius 2 is 2.10 bits per heavy atom. The molecule has 4 nitrogen and oxygen atoms in total. The SMILES string of the molecule is CCSC1CCC(N(C)CCC(=O)N2CCNCC2)C1. The highest BCUT2D eigenvalue weighted by molar-refractivity contribution is 7.99. The molecule has 5 heteroatoms. The standard InChI is InChI=1S/C15H29N3OS/c1-3-20-14-5-4-13(12-14)17(2)9-6-15(19)18-10-7-16-8-11-18/h13-14,16H,3-12H2,1-2H3. The fraction of sp³-hybridized carbons (Fsp3) is 0.933. The largest absolute Gasteiger partial charge is 0.340 e. The van der Waals surface area contributed by atoms with Crippen LogP contribution in [-0.2, 0) is 4.79 Å². The summed E-state index contributed by atoms with van der Waals surface area (Å²) in [7, 11) is 2.19. The van der Waals surface area contributed by atoms with E-state index in [4.69, 9.17) is 0 Å². The first-order chi connectivity index (χ1) is 9.70. The lowest BCUT2D eigenvalue weighted by Gasteiger charge is -2.29. The minimum absolute atomic E-state index is 0.329. The fourth-order valence-corrected chi connectivity index (χ4v) is 4.36. The van der Waals surface area contributed by atoms with Gasteiger partial charge in [-0.1, -0.05) is 6.92 Å². The zero-order valence-electron chi connectivity index (χ0n) is 12.9. The van der Waals surface area contributed by atoms with Gasteiger partial charge in [0.25, 0.3) is 0 Å². The summed E-state index contributed by atoms with van der Waals surface area (Å²) in [6.45, 7) is 6.80. The van der Waals surface area contributed by atoms with Gasteiger partial charge >= 0.3 is 0 Å². The molecule has 1 amide bonds. The van der Waals surface area contributed by atoms with Crippen LogP contribution in [0.3, 0.4) is 0 Å². The minimum atomic E-state index is 0.329. The van der Waals surface area contributed by atoms with E-state index in [1.807, 2.05) is 4.90 Å². The minimum Gasteiger partial charge on any atom is -0.340 e. The van der Waals surface area contributed by atoms with E-state index < -0.39 is 0 Å². The van der Waals surface area contributed by atoms with Crippen LogP contribution in [0.15, 0.2) is 0 Å². The highest BCUT2D eigenvalue weighted by Crippen LogP contribution is 2.32. The van der Waals surface area contributed by atoms with E-state index in [9.17, 15) is 4.79 Å². The highest BCUT2D eigenvalue weighted by Gasteiger charge is 2.27. The molecule has 1 N–H and O–H groups in total. The third-order valence-electron chi connectivity index (χ3n) is 4.53. The summed E-state index contributed by atoms with van der Waals surface area (Å²) < 4.78 is 0. The monoisotopic (exact) mass is 299 g/mol. The number of nitrogens with one attached hydrogen (secondary N) is 1. The Bertz CT molecular complexity index is 307. The molecule has 2 rings (SSSR count). The average Bonchev–Trinajstić information content (AvgIpc) is 2.94. The van der Waals surface area contributed by atoms with Gasteiger partial charge in [-0.25, -0.2) is 0 Å². The maximum absolute atomic E-state index is 12.2. The molecule has 20 heavy (non-hydrogen) atoms.